The first-order valence-corrected chi connectivity index (χ1v) is 10.5. The van der Waals surface area contributed by atoms with Gasteiger partial charge in [-0.05, 0) is 18.6 Å². The first-order valence-electron chi connectivity index (χ1n) is 10.5. The summed E-state index contributed by atoms with van der Waals surface area (Å²) in [7, 11) is 0. The van der Waals surface area contributed by atoms with E-state index >= 15 is 0 Å². The Labute approximate surface area is 159 Å². The van der Waals surface area contributed by atoms with Crippen LogP contribution >= 0.6 is 0 Å². The summed E-state index contributed by atoms with van der Waals surface area (Å²) in [5.74, 6) is 0.000929. The number of nitrogens with one attached hydrogen (secondary N) is 1. The molecule has 1 aromatic rings. The number of amides is 1. The van der Waals surface area contributed by atoms with Crippen LogP contribution in [-0.2, 0) is 4.79 Å². The van der Waals surface area contributed by atoms with E-state index in [1.165, 1.54) is 76.7 Å². The van der Waals surface area contributed by atoms with E-state index < -0.39 is 0 Å². The molecule has 4 heteroatoms. The smallest absolute Gasteiger partial charge is 0.224 e. The molecule has 4 nitrogen and oxygen atoms in total. The standard InChI is InChI=1S/C22H38N2O2/c1-2-3-4-5-6-7-8-9-10-11-12-13-14-15-22(26)24-19-16-17-20(23)21(25)18-19/h16-18,25H,2-15,23H2,1H3,(H,24,26). The van der Waals surface area contributed by atoms with E-state index in [0.717, 1.165) is 12.8 Å². The molecule has 0 heterocycles. The van der Waals surface area contributed by atoms with Gasteiger partial charge in [0, 0.05) is 18.2 Å². The Morgan fingerprint density at radius 3 is 1.88 bits per heavy atom. The number of nitrogens with two attached hydrogens (primary N) is 1. The zero-order chi connectivity index (χ0) is 19.0. The second kappa shape index (κ2) is 14.5. The van der Waals surface area contributed by atoms with E-state index in [2.05, 4.69) is 12.2 Å². The van der Waals surface area contributed by atoms with Gasteiger partial charge in [-0.1, -0.05) is 84.0 Å². The second-order valence-electron chi connectivity index (χ2n) is 7.31. The van der Waals surface area contributed by atoms with Crippen LogP contribution in [0.15, 0.2) is 18.2 Å². The van der Waals surface area contributed by atoms with Crippen LogP contribution in [0.4, 0.5) is 11.4 Å². The lowest BCUT2D eigenvalue weighted by Crippen LogP contribution is -2.11. The third kappa shape index (κ3) is 11.0. The lowest BCUT2D eigenvalue weighted by molar-refractivity contribution is -0.116. The van der Waals surface area contributed by atoms with Gasteiger partial charge >= 0.3 is 0 Å². The molecule has 0 aromatic heterocycles. The quantitative estimate of drug-likeness (QED) is 0.192. The van der Waals surface area contributed by atoms with Gasteiger partial charge < -0.3 is 16.2 Å². The Morgan fingerprint density at radius 2 is 1.38 bits per heavy atom. The fourth-order valence-corrected chi connectivity index (χ4v) is 3.15. The highest BCUT2D eigenvalue weighted by atomic mass is 16.3. The molecule has 0 saturated carbocycles. The molecule has 0 aliphatic carbocycles. The van der Waals surface area contributed by atoms with Crippen molar-refractivity contribution in [2.75, 3.05) is 11.1 Å². The Hall–Kier alpha value is -1.71. The van der Waals surface area contributed by atoms with Crippen molar-refractivity contribution in [1.82, 2.24) is 0 Å². The predicted octanol–water partition coefficient (Wildman–Crippen LogP) is 6.39. The Morgan fingerprint density at radius 1 is 0.885 bits per heavy atom. The lowest BCUT2D eigenvalue weighted by Gasteiger charge is -2.07. The van der Waals surface area contributed by atoms with Crippen LogP contribution in [0.1, 0.15) is 96.8 Å². The maximum Gasteiger partial charge on any atom is 0.224 e. The minimum Gasteiger partial charge on any atom is -0.506 e. The first-order chi connectivity index (χ1) is 12.6. The highest BCUT2D eigenvalue weighted by molar-refractivity contribution is 5.91. The Kier molecular flexibility index (Phi) is 12.4. The summed E-state index contributed by atoms with van der Waals surface area (Å²) < 4.78 is 0. The minimum atomic E-state index is -0.00255. The molecule has 148 valence electrons. The molecular formula is C22H38N2O2. The maximum atomic E-state index is 11.9. The summed E-state index contributed by atoms with van der Waals surface area (Å²) >= 11 is 0. The molecule has 0 saturated heterocycles. The van der Waals surface area contributed by atoms with Crippen molar-refractivity contribution in [3.05, 3.63) is 18.2 Å². The van der Waals surface area contributed by atoms with Gasteiger partial charge in [-0.2, -0.15) is 0 Å². The molecule has 0 unspecified atom stereocenters. The fourth-order valence-electron chi connectivity index (χ4n) is 3.15. The van der Waals surface area contributed by atoms with Crippen LogP contribution < -0.4 is 11.1 Å². The third-order valence-corrected chi connectivity index (χ3v) is 4.82. The molecule has 1 rings (SSSR count). The summed E-state index contributed by atoms with van der Waals surface area (Å²) in [6.45, 7) is 2.26. The molecule has 0 atom stereocenters. The number of unbranched alkanes of at least 4 members (excludes halogenated alkanes) is 12. The van der Waals surface area contributed by atoms with E-state index in [-0.39, 0.29) is 11.7 Å². The van der Waals surface area contributed by atoms with Crippen LogP contribution in [0.3, 0.4) is 0 Å². The number of carbonyl (C=O) groups excluding carboxylic acids is 1. The maximum absolute atomic E-state index is 11.9. The van der Waals surface area contributed by atoms with E-state index in [1.54, 1.807) is 12.1 Å². The number of carbonyl (C=O) groups is 1. The second-order valence-corrected chi connectivity index (χ2v) is 7.31. The van der Waals surface area contributed by atoms with Crippen LogP contribution in [0.5, 0.6) is 5.75 Å². The van der Waals surface area contributed by atoms with E-state index in [0.29, 0.717) is 17.8 Å². The van der Waals surface area contributed by atoms with Crippen molar-refractivity contribution in [2.24, 2.45) is 0 Å². The van der Waals surface area contributed by atoms with Crippen LogP contribution in [-0.4, -0.2) is 11.0 Å². The van der Waals surface area contributed by atoms with Gasteiger partial charge in [-0.15, -0.1) is 0 Å². The molecule has 0 fully saturated rings. The normalized spacial score (nSPS) is 10.8. The lowest BCUT2D eigenvalue weighted by atomic mass is 10.0. The number of rotatable bonds is 15. The Bertz CT molecular complexity index is 503. The summed E-state index contributed by atoms with van der Waals surface area (Å²) in [4.78, 5) is 11.9. The van der Waals surface area contributed by atoms with Gasteiger partial charge in [-0.25, -0.2) is 0 Å². The number of phenolic OH excluding ortho intramolecular Hbond substituents is 1. The SMILES string of the molecule is CCCCCCCCCCCCCCCC(=O)Nc1ccc(N)c(O)c1. The predicted molar refractivity (Wildman–Crippen MR) is 111 cm³/mol. The van der Waals surface area contributed by atoms with Gasteiger partial charge in [0.2, 0.25) is 5.91 Å². The van der Waals surface area contributed by atoms with Crippen molar-refractivity contribution in [2.45, 2.75) is 96.8 Å². The Balaban J connectivity index is 1.91. The molecule has 0 spiro atoms. The number of phenols is 1. The van der Waals surface area contributed by atoms with E-state index in [9.17, 15) is 9.90 Å². The average Bonchev–Trinajstić information content (AvgIpc) is 2.62. The molecule has 0 aliphatic heterocycles. The monoisotopic (exact) mass is 362 g/mol. The topological polar surface area (TPSA) is 75.4 Å². The number of hydrogen-bond donors (Lipinski definition) is 3. The molecule has 0 aliphatic rings. The third-order valence-electron chi connectivity index (χ3n) is 4.82. The number of nitrogen functional groups attached to an aromatic ring is 1. The van der Waals surface area contributed by atoms with Crippen molar-refractivity contribution in [1.29, 1.82) is 0 Å². The van der Waals surface area contributed by atoms with Gasteiger partial charge in [0.05, 0.1) is 5.69 Å². The van der Waals surface area contributed by atoms with Crippen molar-refractivity contribution < 1.29 is 9.90 Å². The first kappa shape index (κ1) is 22.3. The molecular weight excluding hydrogens is 324 g/mol. The number of benzene rings is 1. The zero-order valence-corrected chi connectivity index (χ0v) is 16.6. The fraction of sp³-hybridized carbons (Fsp3) is 0.682. The van der Waals surface area contributed by atoms with Gasteiger partial charge in [0.25, 0.3) is 0 Å². The highest BCUT2D eigenvalue weighted by Gasteiger charge is 2.04. The van der Waals surface area contributed by atoms with Gasteiger partial charge in [0.1, 0.15) is 5.75 Å². The van der Waals surface area contributed by atoms with E-state index in [1.807, 2.05) is 0 Å². The highest BCUT2D eigenvalue weighted by Crippen LogP contribution is 2.23. The average molecular weight is 363 g/mol. The van der Waals surface area contributed by atoms with Crippen molar-refractivity contribution in [3.63, 3.8) is 0 Å². The minimum absolute atomic E-state index is 0.00255. The van der Waals surface area contributed by atoms with Crippen LogP contribution in [0.25, 0.3) is 0 Å². The van der Waals surface area contributed by atoms with Gasteiger partial charge in [0.15, 0.2) is 0 Å². The molecule has 26 heavy (non-hydrogen) atoms. The molecule has 4 N–H and O–H groups in total. The molecule has 0 radical (unpaired) electrons. The van der Waals surface area contributed by atoms with Gasteiger partial charge in [-0.3, -0.25) is 4.79 Å². The largest absolute Gasteiger partial charge is 0.506 e. The molecule has 1 amide bonds. The summed E-state index contributed by atoms with van der Waals surface area (Å²) in [5.41, 5.74) is 6.46. The van der Waals surface area contributed by atoms with E-state index in [4.69, 9.17) is 5.73 Å². The molecule has 0 bridgehead atoms. The van der Waals surface area contributed by atoms with Crippen molar-refractivity contribution in [3.8, 4) is 5.75 Å². The molecule has 1 aromatic carbocycles. The number of anilines is 2. The number of aromatic hydroxyl groups is 1. The van der Waals surface area contributed by atoms with Crippen molar-refractivity contribution >= 4 is 17.3 Å². The zero-order valence-electron chi connectivity index (χ0n) is 16.6. The van der Waals surface area contributed by atoms with Crippen LogP contribution in [0, 0.1) is 0 Å². The summed E-state index contributed by atoms with van der Waals surface area (Å²) in [6.07, 6.45) is 17.4. The van der Waals surface area contributed by atoms with Crippen LogP contribution in [0.2, 0.25) is 0 Å². The number of hydrogen-bond acceptors (Lipinski definition) is 3. The summed E-state index contributed by atoms with van der Waals surface area (Å²) in [5, 5.41) is 12.3. The summed E-state index contributed by atoms with van der Waals surface area (Å²) in [6, 6.07) is 4.78.